The van der Waals surface area contributed by atoms with Gasteiger partial charge in [0.05, 0.1) is 0 Å². The molecule has 0 saturated carbocycles. The minimum atomic E-state index is -1.46. The summed E-state index contributed by atoms with van der Waals surface area (Å²) < 4.78 is 0. The Morgan fingerprint density at radius 1 is 1.29 bits per heavy atom. The smallest absolute Gasteiger partial charge is 0.323 e. The molecule has 0 aliphatic heterocycles. The number of nitrogens with two attached hydrogens (primary N) is 2. The fourth-order valence-corrected chi connectivity index (χ4v) is 1.08. The number of aliphatic hydroxyl groups excluding tert-OH is 1. The number of hydrogen-bond donors (Lipinski definition) is 4. The van der Waals surface area contributed by atoms with Crippen molar-refractivity contribution in [3.05, 3.63) is 0 Å². The highest BCUT2D eigenvalue weighted by molar-refractivity contribution is 5.80. The molecule has 0 aliphatic carbocycles. The van der Waals surface area contributed by atoms with Gasteiger partial charge >= 0.3 is 5.97 Å². The van der Waals surface area contributed by atoms with Gasteiger partial charge in [-0.2, -0.15) is 0 Å². The lowest BCUT2D eigenvalue weighted by Gasteiger charge is -2.23. The van der Waals surface area contributed by atoms with Gasteiger partial charge < -0.3 is 21.7 Å². The molecule has 0 bridgehead atoms. The predicted molar refractivity (Wildman–Crippen MR) is 49.3 cm³/mol. The van der Waals surface area contributed by atoms with E-state index in [0.29, 0.717) is 6.42 Å². The first kappa shape index (κ1) is 12.9. The number of hydrogen-bond acceptors (Lipinski definition) is 4. The molecular formula is C8H16N2O4. The van der Waals surface area contributed by atoms with Gasteiger partial charge in [0.15, 0.2) is 0 Å². The highest BCUT2D eigenvalue weighted by Crippen LogP contribution is 2.16. The number of rotatable bonds is 7. The first-order chi connectivity index (χ1) is 6.42. The van der Waals surface area contributed by atoms with Crippen LogP contribution in [0.25, 0.3) is 0 Å². The molecule has 0 radical (unpaired) electrons. The molecule has 0 saturated heterocycles. The molecule has 0 aromatic heterocycles. The van der Waals surface area contributed by atoms with Crippen molar-refractivity contribution in [2.24, 2.45) is 11.5 Å². The molecule has 0 spiro atoms. The van der Waals surface area contributed by atoms with Crippen LogP contribution in [-0.2, 0) is 9.59 Å². The fraction of sp³-hybridized carbons (Fsp3) is 0.750. The summed E-state index contributed by atoms with van der Waals surface area (Å²) >= 11 is 0. The Labute approximate surface area is 81.9 Å². The second-order valence-electron chi connectivity index (χ2n) is 3.25. The molecule has 1 atom stereocenters. The number of carboxylic acid groups (broad SMARTS) is 1. The third-order valence-electron chi connectivity index (χ3n) is 2.02. The summed E-state index contributed by atoms with van der Waals surface area (Å²) in [6.45, 7) is -0.122. The molecule has 82 valence electrons. The van der Waals surface area contributed by atoms with E-state index in [1.807, 2.05) is 0 Å². The predicted octanol–water partition coefficient (Wildman–Crippen LogP) is -1.19. The van der Waals surface area contributed by atoms with Gasteiger partial charge in [-0.05, 0) is 19.3 Å². The zero-order valence-electron chi connectivity index (χ0n) is 7.90. The average Bonchev–Trinajstić information content (AvgIpc) is 2.11. The van der Waals surface area contributed by atoms with E-state index in [4.69, 9.17) is 21.7 Å². The molecule has 0 unspecified atom stereocenters. The Hall–Kier alpha value is -1.14. The van der Waals surface area contributed by atoms with Crippen molar-refractivity contribution < 1.29 is 19.8 Å². The lowest BCUT2D eigenvalue weighted by molar-refractivity contribution is -0.144. The summed E-state index contributed by atoms with van der Waals surface area (Å²) in [6, 6.07) is 0. The monoisotopic (exact) mass is 204 g/mol. The fourth-order valence-electron chi connectivity index (χ4n) is 1.08. The van der Waals surface area contributed by atoms with Crippen LogP contribution in [0.3, 0.4) is 0 Å². The van der Waals surface area contributed by atoms with E-state index in [1.165, 1.54) is 0 Å². The number of carbonyl (C=O) groups excluding carboxylic acids is 1. The number of primary amides is 1. The zero-order valence-corrected chi connectivity index (χ0v) is 7.90. The van der Waals surface area contributed by atoms with Gasteiger partial charge in [0.2, 0.25) is 5.91 Å². The van der Waals surface area contributed by atoms with E-state index in [2.05, 4.69) is 0 Å². The summed E-state index contributed by atoms with van der Waals surface area (Å²) in [7, 11) is 0. The summed E-state index contributed by atoms with van der Waals surface area (Å²) in [4.78, 5) is 21.2. The molecule has 0 aromatic rings. The van der Waals surface area contributed by atoms with Crippen LogP contribution in [0.5, 0.6) is 0 Å². The molecule has 1 amide bonds. The maximum Gasteiger partial charge on any atom is 0.323 e. The number of carboxylic acids is 1. The van der Waals surface area contributed by atoms with Crippen LogP contribution < -0.4 is 11.5 Å². The minimum Gasteiger partial charge on any atom is -0.480 e. The molecule has 0 heterocycles. The second-order valence-corrected chi connectivity index (χ2v) is 3.25. The van der Waals surface area contributed by atoms with Crippen molar-refractivity contribution in [1.82, 2.24) is 0 Å². The molecule has 6 N–H and O–H groups in total. The van der Waals surface area contributed by atoms with Crippen LogP contribution in [0.2, 0.25) is 0 Å². The molecule has 14 heavy (non-hydrogen) atoms. The highest BCUT2D eigenvalue weighted by Gasteiger charge is 2.33. The third-order valence-corrected chi connectivity index (χ3v) is 2.02. The van der Waals surface area contributed by atoms with Crippen LogP contribution >= 0.6 is 0 Å². The van der Waals surface area contributed by atoms with Crippen molar-refractivity contribution >= 4 is 11.9 Å². The molecule has 0 rings (SSSR count). The summed E-state index contributed by atoms with van der Waals surface area (Å²) in [5.74, 6) is -1.75. The Balaban J connectivity index is 4.24. The Kier molecular flexibility index (Phi) is 5.11. The number of carbonyl (C=O) groups is 2. The largest absolute Gasteiger partial charge is 0.480 e. The maximum absolute atomic E-state index is 10.8. The van der Waals surface area contributed by atoms with Gasteiger partial charge in [-0.3, -0.25) is 9.59 Å². The van der Waals surface area contributed by atoms with Gasteiger partial charge in [-0.15, -0.1) is 0 Å². The highest BCUT2D eigenvalue weighted by atomic mass is 16.4. The number of aliphatic carboxylic acids is 1. The molecule has 0 aromatic carbocycles. The number of aliphatic hydroxyl groups is 1. The average molecular weight is 204 g/mol. The van der Waals surface area contributed by atoms with Crippen molar-refractivity contribution in [1.29, 1.82) is 0 Å². The molecule has 0 fully saturated rings. The van der Waals surface area contributed by atoms with Crippen LogP contribution in [-0.4, -0.2) is 34.2 Å². The third kappa shape index (κ3) is 4.20. The van der Waals surface area contributed by atoms with E-state index in [0.717, 1.165) is 0 Å². The zero-order chi connectivity index (χ0) is 11.2. The normalized spacial score (nSPS) is 14.7. The van der Waals surface area contributed by atoms with Crippen molar-refractivity contribution in [2.75, 3.05) is 6.61 Å². The Bertz CT molecular complexity index is 219. The standard InChI is InChI=1S/C8H16N2O4/c9-6(12)2-4-8(10,7(13)14)3-1-5-11/h11H,1-5,10H2,(H2,9,12)(H,13,14)/t8-/m0/s1. The maximum atomic E-state index is 10.8. The van der Waals surface area contributed by atoms with Gasteiger partial charge in [-0.1, -0.05) is 0 Å². The summed E-state index contributed by atoms with van der Waals surface area (Å²) in [5.41, 5.74) is 8.99. The van der Waals surface area contributed by atoms with Crippen LogP contribution in [0.4, 0.5) is 0 Å². The molecular weight excluding hydrogens is 188 g/mol. The topological polar surface area (TPSA) is 127 Å². The van der Waals surface area contributed by atoms with E-state index in [9.17, 15) is 9.59 Å². The van der Waals surface area contributed by atoms with Crippen LogP contribution in [0, 0.1) is 0 Å². The SMILES string of the molecule is NC(=O)CC[C@@](N)(CCCO)C(=O)O. The lowest BCUT2D eigenvalue weighted by Crippen LogP contribution is -2.48. The van der Waals surface area contributed by atoms with E-state index < -0.39 is 17.4 Å². The minimum absolute atomic E-state index is 0.00231. The van der Waals surface area contributed by atoms with Crippen LogP contribution in [0.15, 0.2) is 0 Å². The molecule has 0 aliphatic rings. The van der Waals surface area contributed by atoms with Crippen molar-refractivity contribution in [3.63, 3.8) is 0 Å². The van der Waals surface area contributed by atoms with E-state index in [1.54, 1.807) is 0 Å². The lowest BCUT2D eigenvalue weighted by atomic mass is 9.89. The summed E-state index contributed by atoms with van der Waals surface area (Å²) in [5, 5.41) is 17.4. The van der Waals surface area contributed by atoms with E-state index >= 15 is 0 Å². The van der Waals surface area contributed by atoms with Gasteiger partial charge in [-0.25, -0.2) is 0 Å². The van der Waals surface area contributed by atoms with Gasteiger partial charge in [0, 0.05) is 13.0 Å². The van der Waals surface area contributed by atoms with Crippen LogP contribution in [0.1, 0.15) is 25.7 Å². The first-order valence-corrected chi connectivity index (χ1v) is 4.34. The van der Waals surface area contributed by atoms with E-state index in [-0.39, 0.29) is 25.9 Å². The van der Waals surface area contributed by atoms with Crippen molar-refractivity contribution in [2.45, 2.75) is 31.2 Å². The Morgan fingerprint density at radius 2 is 1.86 bits per heavy atom. The summed E-state index contributed by atoms with van der Waals surface area (Å²) in [6.07, 6.45) is 0.361. The molecule has 6 nitrogen and oxygen atoms in total. The second kappa shape index (κ2) is 5.56. The Morgan fingerprint density at radius 3 is 2.21 bits per heavy atom. The van der Waals surface area contributed by atoms with Crippen molar-refractivity contribution in [3.8, 4) is 0 Å². The first-order valence-electron chi connectivity index (χ1n) is 4.34. The quantitative estimate of drug-likeness (QED) is 0.414. The number of amides is 1. The van der Waals surface area contributed by atoms with Gasteiger partial charge in [0.1, 0.15) is 5.54 Å². The molecule has 6 heteroatoms. The van der Waals surface area contributed by atoms with Gasteiger partial charge in [0.25, 0.3) is 0 Å².